The molecule has 1 aromatic heterocycles. The summed E-state index contributed by atoms with van der Waals surface area (Å²) >= 11 is 1.43. The lowest BCUT2D eigenvalue weighted by molar-refractivity contribution is -0.140. The van der Waals surface area contributed by atoms with E-state index in [1.807, 2.05) is 0 Å². The monoisotopic (exact) mass is 364 g/mol. The fourth-order valence-corrected chi connectivity index (χ4v) is 5.61. The highest BCUT2D eigenvalue weighted by Crippen LogP contribution is 2.43. The molecule has 1 saturated carbocycles. The number of nitrogens with two attached hydrogens (primary N) is 1. The fourth-order valence-electron chi connectivity index (χ4n) is 4.30. The zero-order valence-corrected chi connectivity index (χ0v) is 15.0. The van der Waals surface area contributed by atoms with Gasteiger partial charge in [0.15, 0.2) is 0 Å². The van der Waals surface area contributed by atoms with Crippen molar-refractivity contribution in [3.05, 3.63) is 16.0 Å². The number of carboxylic acids is 1. The van der Waals surface area contributed by atoms with Crippen molar-refractivity contribution >= 4 is 34.1 Å². The van der Waals surface area contributed by atoms with E-state index in [4.69, 9.17) is 5.73 Å². The van der Waals surface area contributed by atoms with Crippen LogP contribution in [0.4, 0.5) is 5.00 Å². The Kier molecular flexibility index (Phi) is 5.13. The first-order chi connectivity index (χ1) is 11.9. The minimum atomic E-state index is -0.859. The van der Waals surface area contributed by atoms with E-state index in [2.05, 4.69) is 5.32 Å². The molecule has 0 spiro atoms. The topological polar surface area (TPSA) is 109 Å². The van der Waals surface area contributed by atoms with E-state index < -0.39 is 17.3 Å². The molecule has 0 aliphatic heterocycles. The summed E-state index contributed by atoms with van der Waals surface area (Å²) in [4.78, 5) is 36.8. The SMILES string of the molecule is NC(=O)c1c(NC(=O)CC2(CC(=O)O)CCCCC2)sc2c1CCC2. The molecule has 0 saturated heterocycles. The Bertz CT molecular complexity index is 704. The molecule has 1 fully saturated rings. The second-order valence-corrected chi connectivity index (χ2v) is 8.39. The van der Waals surface area contributed by atoms with E-state index in [1.165, 1.54) is 11.3 Å². The zero-order valence-electron chi connectivity index (χ0n) is 14.2. The number of hydrogen-bond donors (Lipinski definition) is 3. The van der Waals surface area contributed by atoms with Crippen LogP contribution < -0.4 is 11.1 Å². The molecule has 0 bridgehead atoms. The molecule has 2 aliphatic rings. The molecule has 25 heavy (non-hydrogen) atoms. The number of thiophene rings is 1. The van der Waals surface area contributed by atoms with Crippen LogP contribution >= 0.6 is 11.3 Å². The lowest BCUT2D eigenvalue weighted by Crippen LogP contribution is -2.32. The maximum absolute atomic E-state index is 12.6. The highest BCUT2D eigenvalue weighted by atomic mass is 32.1. The molecular formula is C18H24N2O4S. The number of amides is 2. The van der Waals surface area contributed by atoms with Gasteiger partial charge in [0, 0.05) is 11.3 Å². The number of aliphatic carboxylic acids is 1. The summed E-state index contributed by atoms with van der Waals surface area (Å²) in [6.07, 6.45) is 7.48. The van der Waals surface area contributed by atoms with Gasteiger partial charge in [-0.2, -0.15) is 0 Å². The van der Waals surface area contributed by atoms with Gasteiger partial charge in [-0.05, 0) is 43.1 Å². The van der Waals surface area contributed by atoms with Gasteiger partial charge >= 0.3 is 5.97 Å². The lowest BCUT2D eigenvalue weighted by atomic mass is 9.69. The first-order valence-corrected chi connectivity index (χ1v) is 9.68. The molecule has 0 unspecified atom stereocenters. The molecular weight excluding hydrogens is 340 g/mol. The van der Waals surface area contributed by atoms with Crippen molar-refractivity contribution in [2.24, 2.45) is 11.1 Å². The van der Waals surface area contributed by atoms with E-state index in [1.54, 1.807) is 0 Å². The summed E-state index contributed by atoms with van der Waals surface area (Å²) in [6.45, 7) is 0. The van der Waals surface area contributed by atoms with Crippen LogP contribution in [0.2, 0.25) is 0 Å². The molecule has 3 rings (SSSR count). The highest BCUT2D eigenvalue weighted by molar-refractivity contribution is 7.17. The summed E-state index contributed by atoms with van der Waals surface area (Å²) in [7, 11) is 0. The maximum Gasteiger partial charge on any atom is 0.303 e. The van der Waals surface area contributed by atoms with Crippen molar-refractivity contribution in [3.63, 3.8) is 0 Å². The number of anilines is 1. The number of carboxylic acid groups (broad SMARTS) is 1. The Morgan fingerprint density at radius 2 is 1.80 bits per heavy atom. The summed E-state index contributed by atoms with van der Waals surface area (Å²) in [5.41, 5.74) is 6.48. The lowest BCUT2D eigenvalue weighted by Gasteiger charge is -2.35. The van der Waals surface area contributed by atoms with Crippen molar-refractivity contribution in [3.8, 4) is 0 Å². The highest BCUT2D eigenvalue weighted by Gasteiger charge is 2.37. The van der Waals surface area contributed by atoms with Crippen LogP contribution in [-0.4, -0.2) is 22.9 Å². The number of carbonyl (C=O) groups excluding carboxylic acids is 2. The van der Waals surface area contributed by atoms with Gasteiger partial charge in [-0.1, -0.05) is 19.3 Å². The summed E-state index contributed by atoms with van der Waals surface area (Å²) in [5, 5.41) is 12.6. The Morgan fingerprint density at radius 3 is 2.44 bits per heavy atom. The molecule has 0 atom stereocenters. The number of fused-ring (bicyclic) bond motifs is 1. The number of hydrogen-bond acceptors (Lipinski definition) is 4. The number of rotatable bonds is 6. The van der Waals surface area contributed by atoms with Gasteiger partial charge in [0.25, 0.3) is 5.91 Å². The molecule has 6 nitrogen and oxygen atoms in total. The summed E-state index contributed by atoms with van der Waals surface area (Å²) < 4.78 is 0. The minimum Gasteiger partial charge on any atom is -0.481 e. The largest absolute Gasteiger partial charge is 0.481 e. The van der Waals surface area contributed by atoms with Crippen LogP contribution in [0, 0.1) is 5.41 Å². The second-order valence-electron chi connectivity index (χ2n) is 7.28. The van der Waals surface area contributed by atoms with E-state index >= 15 is 0 Å². The first-order valence-electron chi connectivity index (χ1n) is 8.86. The Hall–Kier alpha value is -1.89. The van der Waals surface area contributed by atoms with Crippen LogP contribution in [0.3, 0.4) is 0 Å². The molecule has 4 N–H and O–H groups in total. The predicted octanol–water partition coefficient (Wildman–Crippen LogP) is 3.09. The molecule has 136 valence electrons. The van der Waals surface area contributed by atoms with Crippen molar-refractivity contribution in [2.75, 3.05) is 5.32 Å². The van der Waals surface area contributed by atoms with Crippen LogP contribution in [0.1, 0.15) is 72.2 Å². The van der Waals surface area contributed by atoms with E-state index in [0.29, 0.717) is 10.6 Å². The third-order valence-electron chi connectivity index (χ3n) is 5.40. The zero-order chi connectivity index (χ0) is 18.0. The number of aryl methyl sites for hydroxylation is 1. The quantitative estimate of drug-likeness (QED) is 0.720. The van der Waals surface area contributed by atoms with Crippen molar-refractivity contribution in [1.82, 2.24) is 0 Å². The Balaban J connectivity index is 1.76. The van der Waals surface area contributed by atoms with Crippen molar-refractivity contribution in [2.45, 2.75) is 64.2 Å². The van der Waals surface area contributed by atoms with Gasteiger partial charge in [-0.25, -0.2) is 0 Å². The van der Waals surface area contributed by atoms with Crippen LogP contribution in [0.15, 0.2) is 0 Å². The Morgan fingerprint density at radius 1 is 1.08 bits per heavy atom. The molecule has 1 aromatic rings. The van der Waals surface area contributed by atoms with Crippen LogP contribution in [0.25, 0.3) is 0 Å². The van der Waals surface area contributed by atoms with E-state index in [-0.39, 0.29) is 18.7 Å². The standard InChI is InChI=1S/C18H24N2O4S/c19-16(24)15-11-5-4-6-12(11)25-17(15)20-13(21)9-18(10-14(22)23)7-2-1-3-8-18/h1-10H2,(H2,19,24)(H,20,21)(H,22,23). The average Bonchev–Trinajstić information content (AvgIpc) is 3.06. The number of primary amides is 1. The second kappa shape index (κ2) is 7.15. The van der Waals surface area contributed by atoms with Gasteiger partial charge in [0.1, 0.15) is 5.00 Å². The third kappa shape index (κ3) is 3.86. The minimum absolute atomic E-state index is 0.0179. The predicted molar refractivity (Wildman–Crippen MR) is 95.9 cm³/mol. The number of carbonyl (C=O) groups is 3. The molecule has 0 radical (unpaired) electrons. The van der Waals surface area contributed by atoms with Crippen molar-refractivity contribution < 1.29 is 19.5 Å². The summed E-state index contributed by atoms with van der Waals surface area (Å²) in [6, 6.07) is 0. The maximum atomic E-state index is 12.6. The van der Waals surface area contributed by atoms with Crippen LogP contribution in [-0.2, 0) is 22.4 Å². The average molecular weight is 364 g/mol. The molecule has 2 aliphatic carbocycles. The van der Waals surface area contributed by atoms with Gasteiger partial charge in [-0.15, -0.1) is 11.3 Å². The normalized spacial score (nSPS) is 18.6. The smallest absolute Gasteiger partial charge is 0.303 e. The number of nitrogens with one attached hydrogen (secondary N) is 1. The van der Waals surface area contributed by atoms with Crippen molar-refractivity contribution in [1.29, 1.82) is 0 Å². The molecule has 2 amide bonds. The third-order valence-corrected chi connectivity index (χ3v) is 6.60. The first kappa shape index (κ1) is 17.9. The van der Waals surface area contributed by atoms with Crippen LogP contribution in [0.5, 0.6) is 0 Å². The Labute approximate surface area is 150 Å². The van der Waals surface area contributed by atoms with E-state index in [0.717, 1.165) is 61.8 Å². The van der Waals surface area contributed by atoms with Gasteiger partial charge in [-0.3, -0.25) is 14.4 Å². The molecule has 1 heterocycles. The molecule has 0 aromatic carbocycles. The van der Waals surface area contributed by atoms with Gasteiger partial charge in [0.05, 0.1) is 12.0 Å². The van der Waals surface area contributed by atoms with E-state index in [9.17, 15) is 19.5 Å². The van der Waals surface area contributed by atoms with Gasteiger partial charge in [0.2, 0.25) is 5.91 Å². The molecule has 7 heteroatoms. The van der Waals surface area contributed by atoms with Gasteiger partial charge < -0.3 is 16.2 Å². The summed E-state index contributed by atoms with van der Waals surface area (Å²) in [5.74, 6) is -1.58. The fraction of sp³-hybridized carbons (Fsp3) is 0.611.